The maximum atomic E-state index is 8.95. The number of benzene rings is 1. The van der Waals surface area contributed by atoms with E-state index in [2.05, 4.69) is 0 Å². The topological polar surface area (TPSA) is 55.5 Å². The summed E-state index contributed by atoms with van der Waals surface area (Å²) in [5, 5.41) is 8.95. The van der Waals surface area contributed by atoms with E-state index in [-0.39, 0.29) is 6.61 Å². The Kier molecular flexibility index (Phi) is 4.12. The molecule has 0 aliphatic rings. The summed E-state index contributed by atoms with van der Waals surface area (Å²) >= 11 is 0. The average molecular weight is 209 g/mol. The lowest BCUT2D eigenvalue weighted by Gasteiger charge is -2.21. The van der Waals surface area contributed by atoms with Crippen LogP contribution in [0.5, 0.6) is 5.75 Å². The molecular weight excluding hydrogens is 190 g/mol. The second-order valence-electron chi connectivity index (χ2n) is 4.22. The molecule has 1 unspecified atom stereocenters. The maximum Gasteiger partial charge on any atom is 0.119 e. The number of rotatable bonds is 5. The summed E-state index contributed by atoms with van der Waals surface area (Å²) in [5.74, 6) is 0.842. The van der Waals surface area contributed by atoms with Crippen LogP contribution in [-0.4, -0.2) is 23.9 Å². The molecule has 15 heavy (non-hydrogen) atoms. The first-order valence-corrected chi connectivity index (χ1v) is 5.13. The third-order valence-corrected chi connectivity index (χ3v) is 2.32. The number of aliphatic hydroxyl groups excluding tert-OH is 1. The van der Waals surface area contributed by atoms with Gasteiger partial charge in [-0.15, -0.1) is 0 Å². The fraction of sp³-hybridized carbons (Fsp3) is 0.500. The Bertz CT molecular complexity index is 293. The van der Waals surface area contributed by atoms with E-state index in [1.54, 1.807) is 0 Å². The number of hydrogen-bond donors (Lipinski definition) is 2. The molecule has 0 spiro atoms. The van der Waals surface area contributed by atoms with E-state index in [9.17, 15) is 0 Å². The molecule has 0 heterocycles. The van der Waals surface area contributed by atoms with Gasteiger partial charge < -0.3 is 15.6 Å². The first-order chi connectivity index (χ1) is 7.03. The van der Waals surface area contributed by atoms with Crippen molar-refractivity contribution in [3.05, 3.63) is 29.8 Å². The predicted molar refractivity (Wildman–Crippen MR) is 61.0 cm³/mol. The van der Waals surface area contributed by atoms with Crippen LogP contribution >= 0.6 is 0 Å². The molecule has 0 fully saturated rings. The normalized spacial score (nSPS) is 14.7. The van der Waals surface area contributed by atoms with Crippen LogP contribution in [-0.2, 0) is 0 Å². The van der Waals surface area contributed by atoms with Gasteiger partial charge in [0.25, 0.3) is 0 Å². The molecular formula is C12H19NO2. The Balaban J connectivity index is 2.35. The lowest BCUT2D eigenvalue weighted by molar-refractivity contribution is 0.175. The number of hydrogen-bond acceptors (Lipinski definition) is 3. The summed E-state index contributed by atoms with van der Waals surface area (Å²) in [7, 11) is 0. The van der Waals surface area contributed by atoms with Gasteiger partial charge in [-0.05, 0) is 26.0 Å². The van der Waals surface area contributed by atoms with Crippen LogP contribution in [0.2, 0.25) is 0 Å². The van der Waals surface area contributed by atoms with Crippen molar-refractivity contribution in [2.75, 3.05) is 13.2 Å². The number of aryl methyl sites for hydroxylation is 1. The van der Waals surface area contributed by atoms with E-state index in [1.165, 1.54) is 5.56 Å². The zero-order chi connectivity index (χ0) is 11.3. The first kappa shape index (κ1) is 12.0. The maximum absolute atomic E-state index is 8.95. The van der Waals surface area contributed by atoms with Crippen LogP contribution < -0.4 is 10.5 Å². The molecule has 1 atom stereocenters. The van der Waals surface area contributed by atoms with E-state index in [0.29, 0.717) is 13.0 Å². The molecule has 0 saturated heterocycles. The van der Waals surface area contributed by atoms with Crippen LogP contribution in [0.4, 0.5) is 0 Å². The van der Waals surface area contributed by atoms with Crippen LogP contribution in [0.15, 0.2) is 24.3 Å². The van der Waals surface area contributed by atoms with Crippen molar-refractivity contribution < 1.29 is 9.84 Å². The third-order valence-electron chi connectivity index (χ3n) is 2.32. The van der Waals surface area contributed by atoms with Gasteiger partial charge in [0.05, 0.1) is 13.2 Å². The monoisotopic (exact) mass is 209 g/mol. The van der Waals surface area contributed by atoms with Gasteiger partial charge in [-0.1, -0.05) is 17.7 Å². The summed E-state index contributed by atoms with van der Waals surface area (Å²) in [6.45, 7) is 4.35. The quantitative estimate of drug-likeness (QED) is 0.772. The SMILES string of the molecule is Cc1ccc(OCCC(C)(N)CO)cc1. The number of aliphatic hydroxyl groups is 1. The van der Waals surface area contributed by atoms with E-state index < -0.39 is 5.54 Å². The lowest BCUT2D eigenvalue weighted by atomic mass is 10.0. The Morgan fingerprint density at radius 3 is 2.47 bits per heavy atom. The largest absolute Gasteiger partial charge is 0.494 e. The lowest BCUT2D eigenvalue weighted by Crippen LogP contribution is -2.41. The van der Waals surface area contributed by atoms with Crippen molar-refractivity contribution >= 4 is 0 Å². The minimum atomic E-state index is -0.551. The predicted octanol–water partition coefficient (Wildman–Crippen LogP) is 1.47. The zero-order valence-corrected chi connectivity index (χ0v) is 9.36. The van der Waals surface area contributed by atoms with Gasteiger partial charge in [0.15, 0.2) is 0 Å². The molecule has 1 aromatic rings. The molecule has 3 heteroatoms. The van der Waals surface area contributed by atoms with Crippen LogP contribution in [0.3, 0.4) is 0 Å². The van der Waals surface area contributed by atoms with Crippen molar-refractivity contribution in [2.45, 2.75) is 25.8 Å². The fourth-order valence-electron chi connectivity index (χ4n) is 1.12. The van der Waals surface area contributed by atoms with E-state index in [1.807, 2.05) is 38.1 Å². The summed E-state index contributed by atoms with van der Waals surface area (Å²) < 4.78 is 5.51. The Hall–Kier alpha value is -1.06. The van der Waals surface area contributed by atoms with Crippen molar-refractivity contribution in [3.63, 3.8) is 0 Å². The van der Waals surface area contributed by atoms with E-state index >= 15 is 0 Å². The van der Waals surface area contributed by atoms with Crippen LogP contribution in [0.1, 0.15) is 18.9 Å². The fourth-order valence-corrected chi connectivity index (χ4v) is 1.12. The number of ether oxygens (including phenoxy) is 1. The molecule has 3 nitrogen and oxygen atoms in total. The van der Waals surface area contributed by atoms with Crippen molar-refractivity contribution in [1.29, 1.82) is 0 Å². The molecule has 3 N–H and O–H groups in total. The average Bonchev–Trinajstić information content (AvgIpc) is 2.21. The highest BCUT2D eigenvalue weighted by Crippen LogP contribution is 2.13. The Morgan fingerprint density at radius 1 is 1.33 bits per heavy atom. The third kappa shape index (κ3) is 4.32. The van der Waals surface area contributed by atoms with E-state index in [0.717, 1.165) is 5.75 Å². The van der Waals surface area contributed by atoms with Gasteiger partial charge in [-0.2, -0.15) is 0 Å². The Labute approximate surface area is 90.9 Å². The van der Waals surface area contributed by atoms with Crippen molar-refractivity contribution in [3.8, 4) is 5.75 Å². The standard InChI is InChI=1S/C12H19NO2/c1-10-3-5-11(6-4-10)15-8-7-12(2,13)9-14/h3-6,14H,7-9,13H2,1-2H3. The molecule has 1 rings (SSSR count). The second-order valence-corrected chi connectivity index (χ2v) is 4.22. The Morgan fingerprint density at radius 2 is 1.93 bits per heavy atom. The van der Waals surface area contributed by atoms with Gasteiger partial charge in [-0.25, -0.2) is 0 Å². The molecule has 0 saturated carbocycles. The van der Waals surface area contributed by atoms with Gasteiger partial charge in [0.1, 0.15) is 5.75 Å². The summed E-state index contributed by atoms with van der Waals surface area (Å²) in [6, 6.07) is 7.87. The molecule has 0 bridgehead atoms. The molecule has 0 amide bonds. The van der Waals surface area contributed by atoms with Crippen molar-refractivity contribution in [1.82, 2.24) is 0 Å². The highest BCUT2D eigenvalue weighted by molar-refractivity contribution is 5.26. The number of nitrogens with two attached hydrogens (primary N) is 1. The summed E-state index contributed by atoms with van der Waals surface area (Å²) in [6.07, 6.45) is 0.636. The molecule has 0 radical (unpaired) electrons. The first-order valence-electron chi connectivity index (χ1n) is 5.13. The molecule has 1 aromatic carbocycles. The van der Waals surface area contributed by atoms with Gasteiger partial charge >= 0.3 is 0 Å². The zero-order valence-electron chi connectivity index (χ0n) is 9.36. The van der Waals surface area contributed by atoms with Gasteiger partial charge in [-0.3, -0.25) is 0 Å². The van der Waals surface area contributed by atoms with Crippen LogP contribution in [0, 0.1) is 6.92 Å². The molecule has 0 aromatic heterocycles. The minimum absolute atomic E-state index is 0.0236. The van der Waals surface area contributed by atoms with Gasteiger partial charge in [0.2, 0.25) is 0 Å². The smallest absolute Gasteiger partial charge is 0.119 e. The van der Waals surface area contributed by atoms with E-state index in [4.69, 9.17) is 15.6 Å². The highest BCUT2D eigenvalue weighted by atomic mass is 16.5. The second kappa shape index (κ2) is 5.14. The summed E-state index contributed by atoms with van der Waals surface area (Å²) in [5.41, 5.74) is 6.43. The molecule has 0 aliphatic carbocycles. The molecule has 84 valence electrons. The van der Waals surface area contributed by atoms with Crippen LogP contribution in [0.25, 0.3) is 0 Å². The molecule has 0 aliphatic heterocycles. The highest BCUT2D eigenvalue weighted by Gasteiger charge is 2.16. The van der Waals surface area contributed by atoms with Gasteiger partial charge in [0, 0.05) is 12.0 Å². The summed E-state index contributed by atoms with van der Waals surface area (Å²) in [4.78, 5) is 0. The van der Waals surface area contributed by atoms with Crippen molar-refractivity contribution in [2.24, 2.45) is 5.73 Å². The minimum Gasteiger partial charge on any atom is -0.494 e.